The second-order valence-corrected chi connectivity index (χ2v) is 3.93. The predicted molar refractivity (Wildman–Crippen MR) is 73.0 cm³/mol. The monoisotopic (exact) mass is 241 g/mol. The molecule has 0 atom stereocenters. The van der Waals surface area contributed by atoms with Gasteiger partial charge in [0.25, 0.3) is 5.91 Å². The zero-order valence-electron chi connectivity index (χ0n) is 10.5. The lowest BCUT2D eigenvalue weighted by molar-refractivity contribution is 0.0999. The smallest absolute Gasteiger partial charge is 0.279 e. The van der Waals surface area contributed by atoms with Gasteiger partial charge in [-0.15, -0.1) is 0 Å². The molecule has 0 saturated carbocycles. The van der Waals surface area contributed by atoms with E-state index in [1.807, 2.05) is 43.3 Å². The molecule has 0 N–H and O–H groups in total. The van der Waals surface area contributed by atoms with Crippen LogP contribution in [0.3, 0.4) is 0 Å². The Morgan fingerprint density at radius 2 is 1.89 bits per heavy atom. The van der Waals surface area contributed by atoms with E-state index in [4.69, 9.17) is 4.74 Å². The maximum Gasteiger partial charge on any atom is 0.279 e. The molecule has 0 fully saturated rings. The highest BCUT2D eigenvalue weighted by Gasteiger charge is 2.05. The molecule has 0 bridgehead atoms. The van der Waals surface area contributed by atoms with Crippen molar-refractivity contribution < 1.29 is 9.53 Å². The molecule has 0 unspecified atom stereocenters. The highest BCUT2D eigenvalue weighted by atomic mass is 16.5. The minimum absolute atomic E-state index is 0.272. The van der Waals surface area contributed by atoms with Crippen LogP contribution in [0.1, 0.15) is 24.2 Å². The van der Waals surface area contributed by atoms with Gasteiger partial charge in [0, 0.05) is 12.5 Å². The van der Waals surface area contributed by atoms with Gasteiger partial charge in [-0.2, -0.15) is 4.99 Å². The molecule has 92 valence electrons. The molecule has 0 aliphatic rings. The van der Waals surface area contributed by atoms with Crippen molar-refractivity contribution >= 4 is 22.6 Å². The number of nitrogens with zero attached hydrogens (tertiary/aromatic N) is 1. The van der Waals surface area contributed by atoms with E-state index in [-0.39, 0.29) is 5.91 Å². The highest BCUT2D eigenvalue weighted by molar-refractivity contribution is 6.03. The van der Waals surface area contributed by atoms with Crippen molar-refractivity contribution in [3.63, 3.8) is 0 Å². The summed E-state index contributed by atoms with van der Waals surface area (Å²) in [5, 5.41) is 2.15. The molecule has 2 aromatic rings. The molecule has 2 aromatic carbocycles. The lowest BCUT2D eigenvalue weighted by Crippen LogP contribution is -2.04. The van der Waals surface area contributed by atoms with Crippen LogP contribution in [0.15, 0.2) is 47.5 Å². The predicted octanol–water partition coefficient (Wildman–Crippen LogP) is 3.43. The molecule has 0 aliphatic carbocycles. The first-order valence-corrected chi connectivity index (χ1v) is 5.92. The normalized spacial score (nSPS) is 11.6. The molecule has 3 heteroatoms. The number of carbonyl (C=O) groups excluding carboxylic acids is 1. The molecule has 0 radical (unpaired) electrons. The lowest BCUT2D eigenvalue weighted by Gasteiger charge is -2.02. The van der Waals surface area contributed by atoms with Crippen LogP contribution in [-0.2, 0) is 4.74 Å². The number of rotatable bonds is 2. The topological polar surface area (TPSA) is 38.7 Å². The van der Waals surface area contributed by atoms with Crippen LogP contribution in [0, 0.1) is 0 Å². The van der Waals surface area contributed by atoms with Crippen molar-refractivity contribution in [2.45, 2.75) is 13.8 Å². The Morgan fingerprint density at radius 1 is 1.17 bits per heavy atom. The van der Waals surface area contributed by atoms with Crippen LogP contribution in [0.2, 0.25) is 0 Å². The number of benzene rings is 2. The average Bonchev–Trinajstić information content (AvgIpc) is 2.38. The third kappa shape index (κ3) is 2.74. The van der Waals surface area contributed by atoms with Crippen molar-refractivity contribution in [3.05, 3.63) is 48.0 Å². The van der Waals surface area contributed by atoms with Gasteiger partial charge in [0.15, 0.2) is 5.90 Å². The SMILES string of the molecule is CCOC(C)=NC(=O)c1ccc2ccccc2c1. The van der Waals surface area contributed by atoms with E-state index < -0.39 is 0 Å². The van der Waals surface area contributed by atoms with E-state index in [1.165, 1.54) is 0 Å². The van der Waals surface area contributed by atoms with Crippen molar-refractivity contribution in [1.82, 2.24) is 0 Å². The summed E-state index contributed by atoms with van der Waals surface area (Å²) < 4.78 is 5.15. The summed E-state index contributed by atoms with van der Waals surface area (Å²) in [6, 6.07) is 13.5. The number of carbonyl (C=O) groups is 1. The van der Waals surface area contributed by atoms with Crippen LogP contribution >= 0.6 is 0 Å². The fraction of sp³-hybridized carbons (Fsp3) is 0.200. The summed E-state index contributed by atoms with van der Waals surface area (Å²) in [6.07, 6.45) is 0. The number of fused-ring (bicyclic) bond motifs is 1. The Labute approximate surface area is 106 Å². The maximum atomic E-state index is 11.9. The zero-order valence-corrected chi connectivity index (χ0v) is 10.5. The summed E-state index contributed by atoms with van der Waals surface area (Å²) in [5.74, 6) is 0.127. The van der Waals surface area contributed by atoms with Crippen molar-refractivity contribution in [2.24, 2.45) is 4.99 Å². The van der Waals surface area contributed by atoms with E-state index in [9.17, 15) is 4.79 Å². The molecule has 0 heterocycles. The van der Waals surface area contributed by atoms with Crippen LogP contribution in [-0.4, -0.2) is 18.4 Å². The number of aliphatic imine (C=N–C) groups is 1. The summed E-state index contributed by atoms with van der Waals surface area (Å²) in [4.78, 5) is 15.8. The molecule has 3 nitrogen and oxygen atoms in total. The average molecular weight is 241 g/mol. The lowest BCUT2D eigenvalue weighted by atomic mass is 10.1. The number of ether oxygens (including phenoxy) is 1. The first kappa shape index (κ1) is 12.3. The van der Waals surface area contributed by atoms with E-state index in [2.05, 4.69) is 4.99 Å². The van der Waals surface area contributed by atoms with Gasteiger partial charge in [0.1, 0.15) is 0 Å². The van der Waals surface area contributed by atoms with Crippen LogP contribution < -0.4 is 0 Å². The van der Waals surface area contributed by atoms with E-state index in [0.717, 1.165) is 10.8 Å². The first-order chi connectivity index (χ1) is 8.70. The minimum Gasteiger partial charge on any atom is -0.481 e. The van der Waals surface area contributed by atoms with Gasteiger partial charge in [-0.25, -0.2) is 0 Å². The van der Waals surface area contributed by atoms with Crippen molar-refractivity contribution in [3.8, 4) is 0 Å². The zero-order chi connectivity index (χ0) is 13.0. The largest absolute Gasteiger partial charge is 0.481 e. The highest BCUT2D eigenvalue weighted by Crippen LogP contribution is 2.16. The van der Waals surface area contributed by atoms with E-state index in [1.54, 1.807) is 13.0 Å². The molecular weight excluding hydrogens is 226 g/mol. The Hall–Kier alpha value is -2.16. The quantitative estimate of drug-likeness (QED) is 0.596. The van der Waals surface area contributed by atoms with Crippen LogP contribution in [0.4, 0.5) is 0 Å². The molecule has 1 amide bonds. The molecule has 18 heavy (non-hydrogen) atoms. The Morgan fingerprint density at radius 3 is 2.61 bits per heavy atom. The van der Waals surface area contributed by atoms with Crippen LogP contribution in [0.25, 0.3) is 10.8 Å². The minimum atomic E-state index is -0.272. The first-order valence-electron chi connectivity index (χ1n) is 5.92. The second kappa shape index (κ2) is 5.45. The van der Waals surface area contributed by atoms with Gasteiger partial charge in [-0.1, -0.05) is 30.3 Å². The summed E-state index contributed by atoms with van der Waals surface area (Å²) >= 11 is 0. The van der Waals surface area contributed by atoms with Gasteiger partial charge in [0.05, 0.1) is 6.61 Å². The van der Waals surface area contributed by atoms with Crippen molar-refractivity contribution in [1.29, 1.82) is 0 Å². The second-order valence-electron chi connectivity index (χ2n) is 3.93. The maximum absolute atomic E-state index is 11.9. The number of hydrogen-bond donors (Lipinski definition) is 0. The van der Waals surface area contributed by atoms with E-state index >= 15 is 0 Å². The molecule has 2 rings (SSSR count). The van der Waals surface area contributed by atoms with Gasteiger partial charge in [0.2, 0.25) is 0 Å². The third-order valence-corrected chi connectivity index (χ3v) is 2.61. The number of hydrogen-bond acceptors (Lipinski definition) is 2. The summed E-state index contributed by atoms with van der Waals surface area (Å²) in [5.41, 5.74) is 0.577. The molecular formula is C15H15NO2. The third-order valence-electron chi connectivity index (χ3n) is 2.61. The number of amides is 1. The summed E-state index contributed by atoms with van der Waals surface area (Å²) in [6.45, 7) is 4.06. The van der Waals surface area contributed by atoms with Gasteiger partial charge in [-0.05, 0) is 29.8 Å². The van der Waals surface area contributed by atoms with Gasteiger partial charge in [-0.3, -0.25) is 4.79 Å². The van der Waals surface area contributed by atoms with Gasteiger partial charge < -0.3 is 4.74 Å². The van der Waals surface area contributed by atoms with Crippen molar-refractivity contribution in [2.75, 3.05) is 6.61 Å². The van der Waals surface area contributed by atoms with Gasteiger partial charge >= 0.3 is 0 Å². The summed E-state index contributed by atoms with van der Waals surface area (Å²) in [7, 11) is 0. The Kier molecular flexibility index (Phi) is 3.72. The molecule has 0 saturated heterocycles. The molecule has 0 aliphatic heterocycles. The molecule has 0 aromatic heterocycles. The Balaban J connectivity index is 2.31. The fourth-order valence-corrected chi connectivity index (χ4v) is 1.77. The standard InChI is InChI=1S/C15H15NO2/c1-3-18-11(2)16-15(17)14-9-8-12-6-4-5-7-13(12)10-14/h4-10H,3H2,1-2H3. The van der Waals surface area contributed by atoms with E-state index in [0.29, 0.717) is 18.1 Å². The fourth-order valence-electron chi connectivity index (χ4n) is 1.77. The molecule has 0 spiro atoms. The van der Waals surface area contributed by atoms with Crippen LogP contribution in [0.5, 0.6) is 0 Å². The Bertz CT molecular complexity index is 602.